The minimum atomic E-state index is -0.0196. The van der Waals surface area contributed by atoms with Crippen LogP contribution in [0.5, 0.6) is 23.0 Å². The molecule has 0 radical (unpaired) electrons. The summed E-state index contributed by atoms with van der Waals surface area (Å²) < 4.78 is 12.3. The molecule has 2 saturated carbocycles. The Balaban J connectivity index is 1.20. The first-order valence-corrected chi connectivity index (χ1v) is 16.8. The number of unbranched alkanes of at least 4 members (excludes halogenated alkanes) is 1. The van der Waals surface area contributed by atoms with Crippen molar-refractivity contribution < 1.29 is 9.47 Å². The molecule has 2 aliphatic rings. The van der Waals surface area contributed by atoms with Crippen LogP contribution in [0.3, 0.4) is 0 Å². The van der Waals surface area contributed by atoms with Gasteiger partial charge >= 0.3 is 0 Å². The van der Waals surface area contributed by atoms with Gasteiger partial charge in [0.25, 0.3) is 0 Å². The third-order valence-electron chi connectivity index (χ3n) is 10.5. The van der Waals surface area contributed by atoms with Crippen molar-refractivity contribution in [3.63, 3.8) is 0 Å². The summed E-state index contributed by atoms with van der Waals surface area (Å²) in [7, 11) is 0. The van der Waals surface area contributed by atoms with E-state index in [9.17, 15) is 0 Å². The molecule has 0 saturated heterocycles. The third-order valence-corrected chi connectivity index (χ3v) is 10.5. The van der Waals surface area contributed by atoms with E-state index in [4.69, 9.17) is 20.9 Å². The number of ether oxygens (including phenoxy) is 2. The lowest BCUT2D eigenvalue weighted by atomic mass is 9.60. The SMILES string of the molecule is CCCCC1CCC(C2CCC(c3ccc(Oc4ccc(N)cc4)cc3)(c3ccc(Oc4ccc(N)cc4)cc3)CC2)CC1. The van der Waals surface area contributed by atoms with Crippen molar-refractivity contribution in [1.29, 1.82) is 0 Å². The summed E-state index contributed by atoms with van der Waals surface area (Å²) in [6, 6.07) is 32.8. The average Bonchev–Trinajstić information content (AvgIpc) is 3.07. The van der Waals surface area contributed by atoms with Crippen LogP contribution >= 0.6 is 0 Å². The van der Waals surface area contributed by atoms with E-state index in [1.807, 2.05) is 48.5 Å². The molecule has 0 bridgehead atoms. The Morgan fingerprint density at radius 2 is 0.932 bits per heavy atom. The molecule has 2 aliphatic carbocycles. The second-order valence-corrected chi connectivity index (χ2v) is 13.2. The topological polar surface area (TPSA) is 70.5 Å². The maximum Gasteiger partial charge on any atom is 0.127 e. The van der Waals surface area contributed by atoms with Crippen LogP contribution in [0, 0.1) is 17.8 Å². The van der Waals surface area contributed by atoms with Crippen molar-refractivity contribution >= 4 is 11.4 Å². The highest BCUT2D eigenvalue weighted by Crippen LogP contribution is 2.51. The highest BCUT2D eigenvalue weighted by molar-refractivity contribution is 5.47. The van der Waals surface area contributed by atoms with Gasteiger partial charge in [-0.3, -0.25) is 0 Å². The van der Waals surface area contributed by atoms with E-state index in [0.717, 1.165) is 52.1 Å². The van der Waals surface area contributed by atoms with Gasteiger partial charge in [0.15, 0.2) is 0 Å². The van der Waals surface area contributed by atoms with Crippen LogP contribution in [0.2, 0.25) is 0 Å². The van der Waals surface area contributed by atoms with E-state index >= 15 is 0 Å². The predicted octanol–water partition coefficient (Wildman–Crippen LogP) is 10.9. The number of hydrogen-bond acceptors (Lipinski definition) is 4. The van der Waals surface area contributed by atoms with Crippen molar-refractivity contribution in [3.05, 3.63) is 108 Å². The van der Waals surface area contributed by atoms with E-state index in [-0.39, 0.29) is 5.41 Å². The van der Waals surface area contributed by atoms with Crippen LogP contribution in [0.4, 0.5) is 11.4 Å². The maximum atomic E-state index is 6.14. The van der Waals surface area contributed by atoms with Crippen molar-refractivity contribution in [2.75, 3.05) is 11.5 Å². The monoisotopic (exact) mass is 588 g/mol. The number of anilines is 2. The Morgan fingerprint density at radius 1 is 0.545 bits per heavy atom. The summed E-state index contributed by atoms with van der Waals surface area (Å²) >= 11 is 0. The maximum absolute atomic E-state index is 6.14. The normalized spacial score (nSPS) is 20.2. The fourth-order valence-corrected chi connectivity index (χ4v) is 7.82. The molecular formula is C40H48N2O2. The molecule has 0 aromatic heterocycles. The van der Waals surface area contributed by atoms with Crippen LogP contribution in [-0.4, -0.2) is 0 Å². The first-order valence-electron chi connectivity index (χ1n) is 16.8. The number of hydrogen-bond donors (Lipinski definition) is 2. The largest absolute Gasteiger partial charge is 0.457 e. The highest BCUT2D eigenvalue weighted by Gasteiger charge is 2.41. The molecule has 4 aromatic carbocycles. The van der Waals surface area contributed by atoms with Gasteiger partial charge in [-0.15, -0.1) is 0 Å². The van der Waals surface area contributed by atoms with Crippen molar-refractivity contribution in [3.8, 4) is 23.0 Å². The quantitative estimate of drug-likeness (QED) is 0.181. The zero-order valence-electron chi connectivity index (χ0n) is 26.2. The van der Waals surface area contributed by atoms with Gasteiger partial charge in [0.05, 0.1) is 0 Å². The lowest BCUT2D eigenvalue weighted by molar-refractivity contribution is 0.140. The third kappa shape index (κ3) is 7.07. The molecule has 0 unspecified atom stereocenters. The summed E-state index contributed by atoms with van der Waals surface area (Å²) in [4.78, 5) is 0. The van der Waals surface area contributed by atoms with Gasteiger partial charge < -0.3 is 20.9 Å². The van der Waals surface area contributed by atoms with Crippen molar-refractivity contribution in [1.82, 2.24) is 0 Å². The Hall–Kier alpha value is -3.92. The van der Waals surface area contributed by atoms with Crippen molar-refractivity contribution in [2.45, 2.75) is 83.0 Å². The molecule has 0 spiro atoms. The summed E-state index contributed by atoms with van der Waals surface area (Å²) in [6.07, 6.45) is 14.8. The molecule has 0 amide bonds. The summed E-state index contributed by atoms with van der Waals surface area (Å²) in [6.45, 7) is 2.32. The van der Waals surface area contributed by atoms with Gasteiger partial charge in [0.1, 0.15) is 23.0 Å². The molecule has 6 rings (SSSR count). The van der Waals surface area contributed by atoms with Gasteiger partial charge in [0.2, 0.25) is 0 Å². The van der Waals surface area contributed by atoms with E-state index in [1.165, 1.54) is 81.8 Å². The molecule has 0 atom stereocenters. The standard InChI is InChI=1S/C40H48N2O2/c1-2-3-4-29-5-7-30(8-6-29)31-25-27-40(28-26-31,32-9-17-36(18-10-32)43-38-21-13-34(41)14-22-38)33-11-19-37(20-12-33)44-39-23-15-35(42)16-24-39/h9-24,29-31H,2-8,25-28,41-42H2,1H3. The smallest absolute Gasteiger partial charge is 0.127 e. The van der Waals surface area contributed by atoms with Gasteiger partial charge in [-0.25, -0.2) is 0 Å². The molecule has 4 aromatic rings. The molecule has 0 heterocycles. The first-order chi connectivity index (χ1) is 21.5. The Kier molecular flexibility index (Phi) is 9.45. The van der Waals surface area contributed by atoms with E-state index in [2.05, 4.69) is 55.5 Å². The number of rotatable bonds is 10. The number of nitrogens with two attached hydrogens (primary N) is 2. The van der Waals surface area contributed by atoms with Gasteiger partial charge in [-0.1, -0.05) is 63.3 Å². The Labute approximate surface area is 263 Å². The van der Waals surface area contributed by atoms with E-state index in [0.29, 0.717) is 0 Å². The lowest BCUT2D eigenvalue weighted by Crippen LogP contribution is -2.35. The van der Waals surface area contributed by atoms with Crippen LogP contribution in [0.25, 0.3) is 0 Å². The second-order valence-electron chi connectivity index (χ2n) is 13.2. The zero-order chi connectivity index (χ0) is 30.4. The minimum absolute atomic E-state index is 0.0196. The number of benzene rings is 4. The Morgan fingerprint density at radius 3 is 1.34 bits per heavy atom. The molecule has 230 valence electrons. The van der Waals surface area contributed by atoms with Gasteiger partial charge in [-0.05, 0) is 140 Å². The first kappa shape index (κ1) is 30.1. The summed E-state index contributed by atoms with van der Waals surface area (Å²) in [5.74, 6) is 5.99. The van der Waals surface area contributed by atoms with Crippen LogP contribution < -0.4 is 20.9 Å². The highest BCUT2D eigenvalue weighted by atomic mass is 16.5. The van der Waals surface area contributed by atoms with Crippen LogP contribution in [0.1, 0.15) is 88.7 Å². The molecule has 0 aliphatic heterocycles. The van der Waals surface area contributed by atoms with Crippen molar-refractivity contribution in [2.24, 2.45) is 17.8 Å². The molecular weight excluding hydrogens is 540 g/mol. The lowest BCUT2D eigenvalue weighted by Gasteiger charge is -2.44. The molecule has 44 heavy (non-hydrogen) atoms. The Bertz CT molecular complexity index is 1350. The fraction of sp³-hybridized carbons (Fsp3) is 0.400. The average molecular weight is 589 g/mol. The predicted molar refractivity (Wildman–Crippen MR) is 182 cm³/mol. The van der Waals surface area contributed by atoms with Gasteiger partial charge in [-0.2, -0.15) is 0 Å². The van der Waals surface area contributed by atoms with E-state index in [1.54, 1.807) is 0 Å². The van der Waals surface area contributed by atoms with Crippen LogP contribution in [-0.2, 0) is 5.41 Å². The molecule has 4 nitrogen and oxygen atoms in total. The summed E-state index contributed by atoms with van der Waals surface area (Å²) in [5.41, 5.74) is 15.9. The zero-order valence-corrected chi connectivity index (χ0v) is 26.2. The van der Waals surface area contributed by atoms with E-state index < -0.39 is 0 Å². The van der Waals surface area contributed by atoms with Gasteiger partial charge in [0, 0.05) is 16.8 Å². The fourth-order valence-electron chi connectivity index (χ4n) is 7.82. The minimum Gasteiger partial charge on any atom is -0.457 e. The molecule has 4 heteroatoms. The summed E-state index contributed by atoms with van der Waals surface area (Å²) in [5, 5.41) is 0. The van der Waals surface area contributed by atoms with Crippen LogP contribution in [0.15, 0.2) is 97.1 Å². The number of nitrogen functional groups attached to an aromatic ring is 2. The molecule has 2 fully saturated rings. The molecule has 4 N–H and O–H groups in total. The second kappa shape index (κ2) is 13.8.